The smallest absolute Gasteiger partial charge is 0.235 e. The van der Waals surface area contributed by atoms with Gasteiger partial charge in [-0.1, -0.05) is 28.1 Å². The summed E-state index contributed by atoms with van der Waals surface area (Å²) in [5.41, 5.74) is 1.25. The molecule has 4 nitrogen and oxygen atoms in total. The van der Waals surface area contributed by atoms with E-state index in [1.807, 2.05) is 0 Å². The minimum Gasteiger partial charge on any atom is -0.488 e. The Morgan fingerprint density at radius 1 is 1.29 bits per heavy atom. The Bertz CT molecular complexity index is 688. The third-order valence-electron chi connectivity index (χ3n) is 2.63. The summed E-state index contributed by atoms with van der Waals surface area (Å²) in [7, 11) is 0. The predicted octanol–water partition coefficient (Wildman–Crippen LogP) is 4.41. The van der Waals surface area contributed by atoms with Crippen LogP contribution in [0.15, 0.2) is 53.1 Å². The first kappa shape index (κ1) is 15.2. The highest BCUT2D eigenvalue weighted by Crippen LogP contribution is 2.25. The Morgan fingerprint density at radius 2 is 2.10 bits per heavy atom. The van der Waals surface area contributed by atoms with Crippen molar-refractivity contribution in [1.29, 1.82) is 0 Å². The minimum absolute atomic E-state index is 0.179. The maximum atomic E-state index is 13.1. The van der Waals surface area contributed by atoms with E-state index in [-0.39, 0.29) is 12.4 Å². The number of benzene rings is 2. The van der Waals surface area contributed by atoms with Crippen molar-refractivity contribution in [2.75, 3.05) is 0 Å². The topological polar surface area (TPSA) is 52.4 Å². The summed E-state index contributed by atoms with van der Waals surface area (Å²) < 4.78 is 19.5. The van der Waals surface area contributed by atoms with Crippen molar-refractivity contribution < 1.29 is 14.1 Å². The van der Waals surface area contributed by atoms with Crippen molar-refractivity contribution >= 4 is 22.0 Å². The summed E-state index contributed by atoms with van der Waals surface area (Å²) in [4.78, 5) is 9.87. The van der Waals surface area contributed by atoms with Gasteiger partial charge in [0, 0.05) is 16.1 Å². The lowest BCUT2D eigenvalue weighted by Crippen LogP contribution is -1.97. The molecule has 0 aliphatic rings. The van der Waals surface area contributed by atoms with Crippen molar-refractivity contribution in [2.24, 2.45) is 0 Å². The molecule has 0 radical (unpaired) electrons. The second kappa shape index (κ2) is 6.99. The van der Waals surface area contributed by atoms with Crippen LogP contribution in [-0.4, -0.2) is 4.92 Å². The molecular formula is C15H11BrFNO3. The van der Waals surface area contributed by atoms with Crippen LogP contribution in [0.2, 0.25) is 0 Å². The standard InChI is InChI=1S/C15H11BrFNO3/c16-13-4-5-15(12(9-13)6-7-18(19)20)21-10-11-2-1-3-14(17)8-11/h1-9H,10H2/b7-6+. The van der Waals surface area contributed by atoms with Gasteiger partial charge in [0.15, 0.2) is 0 Å². The zero-order valence-corrected chi connectivity index (χ0v) is 12.4. The molecule has 0 amide bonds. The van der Waals surface area contributed by atoms with Gasteiger partial charge in [0.2, 0.25) is 6.20 Å². The normalized spacial score (nSPS) is 10.8. The molecule has 0 atom stereocenters. The predicted molar refractivity (Wildman–Crippen MR) is 80.9 cm³/mol. The number of ether oxygens (including phenoxy) is 1. The van der Waals surface area contributed by atoms with Crippen molar-refractivity contribution in [3.05, 3.63) is 80.2 Å². The van der Waals surface area contributed by atoms with Crippen LogP contribution >= 0.6 is 15.9 Å². The van der Waals surface area contributed by atoms with E-state index >= 15 is 0 Å². The molecule has 0 unspecified atom stereocenters. The van der Waals surface area contributed by atoms with Gasteiger partial charge in [-0.05, 0) is 35.9 Å². The molecule has 0 spiro atoms. The van der Waals surface area contributed by atoms with Crippen LogP contribution < -0.4 is 4.74 Å². The lowest BCUT2D eigenvalue weighted by Gasteiger charge is -2.09. The van der Waals surface area contributed by atoms with E-state index in [0.29, 0.717) is 16.9 Å². The number of halogens is 2. The third-order valence-corrected chi connectivity index (χ3v) is 3.12. The summed E-state index contributed by atoms with van der Waals surface area (Å²) in [5, 5.41) is 10.4. The number of hydrogen-bond donors (Lipinski definition) is 0. The fourth-order valence-electron chi connectivity index (χ4n) is 1.71. The molecule has 6 heteroatoms. The molecule has 0 fully saturated rings. The first-order valence-electron chi connectivity index (χ1n) is 6.03. The van der Waals surface area contributed by atoms with Gasteiger partial charge in [0.25, 0.3) is 0 Å². The van der Waals surface area contributed by atoms with Gasteiger partial charge in [-0.15, -0.1) is 0 Å². The molecule has 21 heavy (non-hydrogen) atoms. The lowest BCUT2D eigenvalue weighted by atomic mass is 10.2. The molecule has 0 saturated carbocycles. The van der Waals surface area contributed by atoms with Crippen LogP contribution in [-0.2, 0) is 6.61 Å². The molecule has 0 heterocycles. The fourth-order valence-corrected chi connectivity index (χ4v) is 2.09. The molecular weight excluding hydrogens is 341 g/mol. The van der Waals surface area contributed by atoms with Gasteiger partial charge in [0.05, 0.1) is 4.92 Å². The molecule has 0 aromatic heterocycles. The average Bonchev–Trinajstić information content (AvgIpc) is 2.44. The molecule has 0 aliphatic carbocycles. The lowest BCUT2D eigenvalue weighted by molar-refractivity contribution is -0.400. The SMILES string of the molecule is O=[N+]([O-])/C=C/c1cc(Br)ccc1OCc1cccc(F)c1. The highest BCUT2D eigenvalue weighted by Gasteiger charge is 2.05. The molecule has 0 saturated heterocycles. The van der Waals surface area contributed by atoms with E-state index in [4.69, 9.17) is 4.74 Å². The molecule has 2 aromatic carbocycles. The summed E-state index contributed by atoms with van der Waals surface area (Å²) in [6.07, 6.45) is 2.20. The Balaban J connectivity index is 2.17. The molecule has 2 aromatic rings. The quantitative estimate of drug-likeness (QED) is 0.592. The van der Waals surface area contributed by atoms with E-state index in [1.165, 1.54) is 18.2 Å². The highest BCUT2D eigenvalue weighted by atomic mass is 79.9. The highest BCUT2D eigenvalue weighted by molar-refractivity contribution is 9.10. The van der Waals surface area contributed by atoms with Gasteiger partial charge in [0.1, 0.15) is 18.2 Å². The largest absolute Gasteiger partial charge is 0.488 e. The minimum atomic E-state index is -0.544. The van der Waals surface area contributed by atoms with E-state index in [9.17, 15) is 14.5 Å². The molecule has 0 N–H and O–H groups in total. The van der Waals surface area contributed by atoms with E-state index < -0.39 is 4.92 Å². The maximum Gasteiger partial charge on any atom is 0.235 e. The van der Waals surface area contributed by atoms with Crippen LogP contribution in [0.3, 0.4) is 0 Å². The van der Waals surface area contributed by atoms with E-state index in [0.717, 1.165) is 10.7 Å². The Hall–Kier alpha value is -2.21. The molecule has 0 aliphatic heterocycles. The van der Waals surface area contributed by atoms with Crippen LogP contribution in [0.5, 0.6) is 5.75 Å². The Labute approximate surface area is 129 Å². The summed E-state index contributed by atoms with van der Waals surface area (Å²) >= 11 is 3.30. The zero-order chi connectivity index (χ0) is 15.2. The van der Waals surface area contributed by atoms with Gasteiger partial charge in [-0.2, -0.15) is 0 Å². The third kappa shape index (κ3) is 4.68. The zero-order valence-electron chi connectivity index (χ0n) is 10.8. The molecule has 2 rings (SSSR count). The van der Waals surface area contributed by atoms with E-state index in [1.54, 1.807) is 30.3 Å². The summed E-state index contributed by atoms with van der Waals surface area (Å²) in [6.45, 7) is 0.179. The van der Waals surface area contributed by atoms with Gasteiger partial charge < -0.3 is 4.74 Å². The Kier molecular flexibility index (Phi) is 5.05. The van der Waals surface area contributed by atoms with E-state index in [2.05, 4.69) is 15.9 Å². The average molecular weight is 352 g/mol. The monoisotopic (exact) mass is 351 g/mol. The maximum absolute atomic E-state index is 13.1. The van der Waals surface area contributed by atoms with Gasteiger partial charge in [-0.3, -0.25) is 10.1 Å². The van der Waals surface area contributed by atoms with Crippen LogP contribution in [0.25, 0.3) is 6.08 Å². The number of nitro groups is 1. The van der Waals surface area contributed by atoms with Crippen LogP contribution in [0.4, 0.5) is 4.39 Å². The fraction of sp³-hybridized carbons (Fsp3) is 0.0667. The number of hydrogen-bond acceptors (Lipinski definition) is 3. The number of rotatable bonds is 5. The van der Waals surface area contributed by atoms with Gasteiger partial charge >= 0.3 is 0 Å². The first-order valence-corrected chi connectivity index (χ1v) is 6.82. The van der Waals surface area contributed by atoms with Gasteiger partial charge in [-0.25, -0.2) is 4.39 Å². The van der Waals surface area contributed by atoms with Crippen LogP contribution in [0, 0.1) is 15.9 Å². The Morgan fingerprint density at radius 3 is 2.81 bits per heavy atom. The van der Waals surface area contributed by atoms with Crippen molar-refractivity contribution in [3.63, 3.8) is 0 Å². The molecule has 0 bridgehead atoms. The van der Waals surface area contributed by atoms with Crippen molar-refractivity contribution in [3.8, 4) is 5.75 Å². The van der Waals surface area contributed by atoms with Crippen LogP contribution in [0.1, 0.15) is 11.1 Å². The first-order chi connectivity index (χ1) is 10.0. The second-order valence-electron chi connectivity index (χ2n) is 4.20. The van der Waals surface area contributed by atoms with Crippen molar-refractivity contribution in [2.45, 2.75) is 6.61 Å². The van der Waals surface area contributed by atoms with Crippen molar-refractivity contribution in [1.82, 2.24) is 0 Å². The second-order valence-corrected chi connectivity index (χ2v) is 5.12. The summed E-state index contributed by atoms with van der Waals surface area (Å²) in [5.74, 6) is 0.154. The summed E-state index contributed by atoms with van der Waals surface area (Å²) in [6, 6.07) is 11.3. The number of nitrogens with zero attached hydrogens (tertiary/aromatic N) is 1. The molecule has 108 valence electrons.